The number of hydrogen-bond donors (Lipinski definition) is 2. The van der Waals surface area contributed by atoms with E-state index in [2.05, 4.69) is 5.32 Å². The van der Waals surface area contributed by atoms with Gasteiger partial charge in [0.2, 0.25) is 5.91 Å². The van der Waals surface area contributed by atoms with Crippen molar-refractivity contribution in [3.63, 3.8) is 0 Å². The van der Waals surface area contributed by atoms with Crippen molar-refractivity contribution in [2.24, 2.45) is 0 Å². The Morgan fingerprint density at radius 3 is 2.65 bits per heavy atom. The van der Waals surface area contributed by atoms with Crippen LogP contribution in [0.4, 0.5) is 0 Å². The third kappa shape index (κ3) is 4.55. The second-order valence-electron chi connectivity index (χ2n) is 4.52. The number of ether oxygens (including phenoxy) is 1. The minimum Gasteiger partial charge on any atom is -0.496 e. The second kappa shape index (κ2) is 7.49. The van der Waals surface area contributed by atoms with Crippen LogP contribution in [0.2, 0.25) is 0 Å². The summed E-state index contributed by atoms with van der Waals surface area (Å²) in [7, 11) is 3.17. The molecule has 0 bridgehead atoms. The molecule has 0 radical (unpaired) electrons. The predicted molar refractivity (Wildman–Crippen MR) is 74.6 cm³/mol. The van der Waals surface area contributed by atoms with Crippen molar-refractivity contribution >= 4 is 11.9 Å². The van der Waals surface area contributed by atoms with Gasteiger partial charge in [-0.05, 0) is 20.0 Å². The van der Waals surface area contributed by atoms with Crippen molar-refractivity contribution in [2.45, 2.75) is 19.5 Å². The number of aliphatic carboxylic acids is 1. The van der Waals surface area contributed by atoms with Crippen molar-refractivity contribution in [1.82, 2.24) is 10.2 Å². The van der Waals surface area contributed by atoms with Crippen LogP contribution in [0.1, 0.15) is 12.5 Å². The first-order valence-electron chi connectivity index (χ1n) is 6.27. The standard InChI is InChI=1S/C14H20N2O4/c1-10(14(18)19)16(2)9-13(17)15-8-11-6-4-5-7-12(11)20-3/h4-7,10H,8-9H2,1-3H3,(H,15,17)(H,18,19). The molecule has 110 valence electrons. The minimum absolute atomic E-state index is 0.0304. The Kier molecular flexibility index (Phi) is 5.99. The van der Waals surface area contributed by atoms with E-state index >= 15 is 0 Å². The minimum atomic E-state index is -0.954. The third-order valence-electron chi connectivity index (χ3n) is 3.08. The number of likely N-dealkylation sites (N-methyl/N-ethyl adjacent to an activating group) is 1. The number of nitrogens with zero attached hydrogens (tertiary/aromatic N) is 1. The number of hydrogen-bond acceptors (Lipinski definition) is 4. The van der Waals surface area contributed by atoms with Crippen LogP contribution in [-0.2, 0) is 16.1 Å². The molecule has 1 aromatic carbocycles. The van der Waals surface area contributed by atoms with Gasteiger partial charge in [-0.15, -0.1) is 0 Å². The topological polar surface area (TPSA) is 78.9 Å². The summed E-state index contributed by atoms with van der Waals surface area (Å²) in [6, 6.07) is 6.70. The van der Waals surface area contributed by atoms with Gasteiger partial charge in [0.25, 0.3) is 0 Å². The average molecular weight is 280 g/mol. The number of nitrogens with one attached hydrogen (secondary N) is 1. The van der Waals surface area contributed by atoms with E-state index < -0.39 is 12.0 Å². The zero-order valence-corrected chi connectivity index (χ0v) is 11.9. The molecule has 0 fully saturated rings. The molecule has 2 N–H and O–H groups in total. The van der Waals surface area contributed by atoms with Crippen LogP contribution in [0, 0.1) is 0 Å². The molecule has 0 saturated heterocycles. The first-order valence-corrected chi connectivity index (χ1v) is 6.27. The molecule has 0 aromatic heterocycles. The Bertz CT molecular complexity index is 476. The van der Waals surface area contributed by atoms with Gasteiger partial charge in [-0.2, -0.15) is 0 Å². The molecule has 0 aliphatic rings. The lowest BCUT2D eigenvalue weighted by Crippen LogP contribution is -2.42. The van der Waals surface area contributed by atoms with Gasteiger partial charge in [0.15, 0.2) is 0 Å². The maximum absolute atomic E-state index is 11.8. The number of carbonyl (C=O) groups excluding carboxylic acids is 1. The Balaban J connectivity index is 2.49. The summed E-state index contributed by atoms with van der Waals surface area (Å²) in [5, 5.41) is 11.6. The van der Waals surface area contributed by atoms with Crippen LogP contribution in [0.3, 0.4) is 0 Å². The van der Waals surface area contributed by atoms with Gasteiger partial charge >= 0.3 is 5.97 Å². The summed E-state index contributed by atoms with van der Waals surface area (Å²) in [5.74, 6) is -0.475. The van der Waals surface area contributed by atoms with Crippen LogP contribution in [-0.4, -0.2) is 48.6 Å². The molecule has 1 rings (SSSR count). The zero-order chi connectivity index (χ0) is 15.1. The van der Waals surface area contributed by atoms with E-state index in [-0.39, 0.29) is 12.5 Å². The second-order valence-corrected chi connectivity index (χ2v) is 4.52. The highest BCUT2D eigenvalue weighted by Crippen LogP contribution is 2.16. The van der Waals surface area contributed by atoms with Gasteiger partial charge in [-0.1, -0.05) is 18.2 Å². The summed E-state index contributed by atoms with van der Waals surface area (Å²) >= 11 is 0. The molecule has 20 heavy (non-hydrogen) atoms. The zero-order valence-electron chi connectivity index (χ0n) is 11.9. The summed E-state index contributed by atoms with van der Waals surface area (Å²) < 4.78 is 5.19. The molecule has 0 aliphatic heterocycles. The van der Waals surface area contributed by atoms with Crippen LogP contribution >= 0.6 is 0 Å². The molecule has 1 amide bonds. The van der Waals surface area contributed by atoms with E-state index in [1.165, 1.54) is 11.8 Å². The molecule has 0 aliphatic carbocycles. The number of carboxylic acid groups (broad SMARTS) is 1. The van der Waals surface area contributed by atoms with Crippen molar-refractivity contribution in [2.75, 3.05) is 20.7 Å². The van der Waals surface area contributed by atoms with E-state index in [0.717, 1.165) is 5.56 Å². The summed E-state index contributed by atoms with van der Waals surface area (Å²) in [4.78, 5) is 24.0. The predicted octanol–water partition coefficient (Wildman–Crippen LogP) is 0.716. The lowest BCUT2D eigenvalue weighted by molar-refractivity contribution is -0.142. The maximum Gasteiger partial charge on any atom is 0.320 e. The Labute approximate surface area is 118 Å². The summed E-state index contributed by atoms with van der Waals surface area (Å²) in [6.45, 7) is 1.91. The van der Waals surface area contributed by atoms with Crippen LogP contribution in [0.25, 0.3) is 0 Å². The van der Waals surface area contributed by atoms with Crippen molar-refractivity contribution < 1.29 is 19.4 Å². The molecule has 1 atom stereocenters. The molecule has 0 heterocycles. The quantitative estimate of drug-likeness (QED) is 0.769. The molecule has 1 unspecified atom stereocenters. The highest BCUT2D eigenvalue weighted by molar-refractivity contribution is 5.79. The number of para-hydroxylation sites is 1. The first kappa shape index (κ1) is 16.0. The highest BCUT2D eigenvalue weighted by atomic mass is 16.5. The van der Waals surface area contributed by atoms with Gasteiger partial charge < -0.3 is 15.2 Å². The third-order valence-corrected chi connectivity index (χ3v) is 3.08. The summed E-state index contributed by atoms with van der Waals surface area (Å²) in [5.41, 5.74) is 0.872. The van der Waals surface area contributed by atoms with Crippen molar-refractivity contribution in [1.29, 1.82) is 0 Å². The van der Waals surface area contributed by atoms with E-state index in [4.69, 9.17) is 9.84 Å². The monoisotopic (exact) mass is 280 g/mol. The number of carboxylic acids is 1. The molecular weight excluding hydrogens is 260 g/mol. The molecule has 6 nitrogen and oxygen atoms in total. The fourth-order valence-electron chi connectivity index (χ4n) is 1.65. The molecular formula is C14H20N2O4. The van der Waals surface area contributed by atoms with Crippen LogP contribution in [0.5, 0.6) is 5.75 Å². The van der Waals surface area contributed by atoms with Gasteiger partial charge in [-0.3, -0.25) is 14.5 Å². The molecule has 6 heteroatoms. The largest absolute Gasteiger partial charge is 0.496 e. The van der Waals surface area contributed by atoms with Crippen molar-refractivity contribution in [3.8, 4) is 5.75 Å². The smallest absolute Gasteiger partial charge is 0.320 e. The number of benzene rings is 1. The average Bonchev–Trinajstić information content (AvgIpc) is 2.44. The first-order chi connectivity index (χ1) is 9.45. The van der Waals surface area contributed by atoms with Crippen LogP contribution < -0.4 is 10.1 Å². The Morgan fingerprint density at radius 2 is 2.05 bits per heavy atom. The Morgan fingerprint density at radius 1 is 1.40 bits per heavy atom. The number of methoxy groups -OCH3 is 1. The number of carbonyl (C=O) groups is 2. The van der Waals surface area contributed by atoms with Crippen molar-refractivity contribution in [3.05, 3.63) is 29.8 Å². The Hall–Kier alpha value is -2.08. The van der Waals surface area contributed by atoms with Gasteiger partial charge in [0.1, 0.15) is 11.8 Å². The highest BCUT2D eigenvalue weighted by Gasteiger charge is 2.18. The van der Waals surface area contributed by atoms with Crippen LogP contribution in [0.15, 0.2) is 24.3 Å². The molecule has 0 spiro atoms. The van der Waals surface area contributed by atoms with Gasteiger partial charge in [-0.25, -0.2) is 0 Å². The van der Waals surface area contributed by atoms with Gasteiger partial charge in [0, 0.05) is 12.1 Å². The van der Waals surface area contributed by atoms with E-state index in [0.29, 0.717) is 12.3 Å². The van der Waals surface area contributed by atoms with E-state index in [1.54, 1.807) is 14.2 Å². The fourth-order valence-corrected chi connectivity index (χ4v) is 1.65. The molecule has 1 aromatic rings. The lowest BCUT2D eigenvalue weighted by atomic mass is 10.2. The van der Waals surface area contributed by atoms with E-state index in [9.17, 15) is 9.59 Å². The number of rotatable bonds is 7. The molecule has 0 saturated carbocycles. The lowest BCUT2D eigenvalue weighted by Gasteiger charge is -2.20. The fraction of sp³-hybridized carbons (Fsp3) is 0.429. The maximum atomic E-state index is 11.8. The van der Waals surface area contributed by atoms with E-state index in [1.807, 2.05) is 24.3 Å². The SMILES string of the molecule is COc1ccccc1CNC(=O)CN(C)C(C)C(=O)O. The number of amides is 1. The van der Waals surface area contributed by atoms with Gasteiger partial charge in [0.05, 0.1) is 13.7 Å². The summed E-state index contributed by atoms with van der Waals surface area (Å²) in [6.07, 6.45) is 0. The normalized spacial score (nSPS) is 12.0.